The van der Waals surface area contributed by atoms with Crippen LogP contribution < -0.4 is 10.2 Å². The summed E-state index contributed by atoms with van der Waals surface area (Å²) in [6.45, 7) is 1.47. The molecule has 1 aromatic carbocycles. The predicted molar refractivity (Wildman–Crippen MR) is 89.5 cm³/mol. The van der Waals surface area contributed by atoms with Crippen molar-refractivity contribution in [3.63, 3.8) is 0 Å². The number of allylic oxidation sites excluding steroid dienone is 2. The summed E-state index contributed by atoms with van der Waals surface area (Å²) in [7, 11) is 0. The summed E-state index contributed by atoms with van der Waals surface area (Å²) in [5, 5.41) is 2.73. The number of carbonyl (C=O) groups is 3. The van der Waals surface area contributed by atoms with Crippen LogP contribution >= 0.6 is 0 Å². The van der Waals surface area contributed by atoms with Crippen LogP contribution in [0, 0.1) is 5.92 Å². The third-order valence-corrected chi connectivity index (χ3v) is 4.28. The van der Waals surface area contributed by atoms with E-state index in [0.29, 0.717) is 17.8 Å². The van der Waals surface area contributed by atoms with Crippen LogP contribution in [0.2, 0.25) is 0 Å². The maximum Gasteiger partial charge on any atom is 0.310 e. The largest absolute Gasteiger partial charge is 0.452 e. The minimum absolute atomic E-state index is 0.0795. The highest BCUT2D eigenvalue weighted by Crippen LogP contribution is 2.29. The molecule has 0 saturated heterocycles. The summed E-state index contributed by atoms with van der Waals surface area (Å²) in [5.74, 6) is -1.20. The first-order valence-corrected chi connectivity index (χ1v) is 8.12. The molecule has 0 bridgehead atoms. The van der Waals surface area contributed by atoms with Gasteiger partial charge in [-0.25, -0.2) is 0 Å². The summed E-state index contributed by atoms with van der Waals surface area (Å²) in [6.07, 6.45) is 5.32. The number of anilines is 2. The average Bonchev–Trinajstić information content (AvgIpc) is 2.61. The first kappa shape index (κ1) is 16.2. The Bertz CT molecular complexity index is 698. The summed E-state index contributed by atoms with van der Waals surface area (Å²) < 4.78 is 5.36. The molecule has 0 radical (unpaired) electrons. The SMILES string of the molecule is C[C@@H](OC(=O)[C@H]1CC=CCC1)C(=O)N1CC(=O)Nc2ccccc21. The van der Waals surface area contributed by atoms with E-state index in [4.69, 9.17) is 4.74 Å². The Balaban J connectivity index is 1.70. The molecular formula is C18H20N2O4. The van der Waals surface area contributed by atoms with E-state index in [1.165, 1.54) is 4.90 Å². The number of hydrogen-bond acceptors (Lipinski definition) is 4. The molecule has 6 nitrogen and oxygen atoms in total. The van der Waals surface area contributed by atoms with Crippen LogP contribution in [0.4, 0.5) is 11.4 Å². The first-order chi connectivity index (χ1) is 11.6. The number of hydrogen-bond donors (Lipinski definition) is 1. The molecule has 1 aromatic rings. The molecule has 0 unspecified atom stereocenters. The molecule has 2 atom stereocenters. The minimum atomic E-state index is -0.928. The van der Waals surface area contributed by atoms with Crippen molar-refractivity contribution in [2.24, 2.45) is 5.92 Å². The van der Waals surface area contributed by atoms with E-state index in [9.17, 15) is 14.4 Å². The van der Waals surface area contributed by atoms with Crippen molar-refractivity contribution in [2.75, 3.05) is 16.8 Å². The van der Waals surface area contributed by atoms with Crippen molar-refractivity contribution in [1.82, 2.24) is 0 Å². The maximum absolute atomic E-state index is 12.7. The predicted octanol–water partition coefficient (Wildman–Crippen LogP) is 2.26. The second-order valence-electron chi connectivity index (χ2n) is 6.05. The van der Waals surface area contributed by atoms with Gasteiger partial charge in [0.1, 0.15) is 6.54 Å². The Kier molecular flexibility index (Phi) is 4.64. The van der Waals surface area contributed by atoms with Crippen molar-refractivity contribution in [3.05, 3.63) is 36.4 Å². The van der Waals surface area contributed by atoms with Gasteiger partial charge in [0.15, 0.2) is 6.10 Å². The summed E-state index contributed by atoms with van der Waals surface area (Å²) in [6, 6.07) is 7.07. The smallest absolute Gasteiger partial charge is 0.310 e. The Hall–Kier alpha value is -2.63. The Morgan fingerprint density at radius 2 is 2.08 bits per heavy atom. The van der Waals surface area contributed by atoms with E-state index in [1.807, 2.05) is 12.2 Å². The van der Waals surface area contributed by atoms with Crippen molar-refractivity contribution in [3.8, 4) is 0 Å². The van der Waals surface area contributed by atoms with Crippen molar-refractivity contribution < 1.29 is 19.1 Å². The molecule has 6 heteroatoms. The van der Waals surface area contributed by atoms with Crippen molar-refractivity contribution in [2.45, 2.75) is 32.3 Å². The van der Waals surface area contributed by atoms with Gasteiger partial charge >= 0.3 is 5.97 Å². The molecule has 1 heterocycles. The molecule has 0 saturated carbocycles. The minimum Gasteiger partial charge on any atom is -0.452 e. The lowest BCUT2D eigenvalue weighted by atomic mass is 9.95. The quantitative estimate of drug-likeness (QED) is 0.682. The molecule has 1 aliphatic heterocycles. The van der Waals surface area contributed by atoms with E-state index in [1.54, 1.807) is 31.2 Å². The molecule has 3 rings (SSSR count). The number of esters is 1. The number of fused-ring (bicyclic) bond motifs is 1. The van der Waals surface area contributed by atoms with E-state index >= 15 is 0 Å². The fraction of sp³-hybridized carbons (Fsp3) is 0.389. The molecule has 126 valence electrons. The van der Waals surface area contributed by atoms with Gasteiger partial charge in [-0.3, -0.25) is 19.3 Å². The lowest BCUT2D eigenvalue weighted by Gasteiger charge is -2.31. The number of benzene rings is 1. The van der Waals surface area contributed by atoms with Crippen molar-refractivity contribution >= 4 is 29.2 Å². The Morgan fingerprint density at radius 1 is 1.29 bits per heavy atom. The van der Waals surface area contributed by atoms with E-state index in [2.05, 4.69) is 5.32 Å². The summed E-state index contributed by atoms with van der Waals surface area (Å²) in [4.78, 5) is 38.1. The molecule has 1 N–H and O–H groups in total. The monoisotopic (exact) mass is 328 g/mol. The van der Waals surface area contributed by atoms with E-state index in [-0.39, 0.29) is 24.3 Å². The van der Waals surface area contributed by atoms with Gasteiger partial charge in [-0.15, -0.1) is 0 Å². The Labute approximate surface area is 140 Å². The number of rotatable bonds is 3. The second-order valence-corrected chi connectivity index (χ2v) is 6.05. The fourth-order valence-corrected chi connectivity index (χ4v) is 2.98. The van der Waals surface area contributed by atoms with Crippen molar-refractivity contribution in [1.29, 1.82) is 0 Å². The standard InChI is InChI=1S/C18H20N2O4/c1-12(24-18(23)13-7-3-2-4-8-13)17(22)20-11-16(21)19-14-9-5-6-10-15(14)20/h2-3,5-6,9-10,12-13H,4,7-8,11H2,1H3,(H,19,21)/t12-,13+/m1/s1. The number of ether oxygens (including phenoxy) is 1. The number of nitrogens with zero attached hydrogens (tertiary/aromatic N) is 1. The number of nitrogens with one attached hydrogen (secondary N) is 1. The van der Waals surface area contributed by atoms with E-state index < -0.39 is 12.0 Å². The zero-order valence-corrected chi connectivity index (χ0v) is 13.5. The van der Waals surface area contributed by atoms with Crippen LogP contribution in [0.3, 0.4) is 0 Å². The molecule has 24 heavy (non-hydrogen) atoms. The topological polar surface area (TPSA) is 75.7 Å². The number of para-hydroxylation sites is 2. The molecule has 0 aromatic heterocycles. The average molecular weight is 328 g/mol. The molecule has 2 amide bonds. The molecule has 2 aliphatic rings. The number of amides is 2. The molecule has 1 aliphatic carbocycles. The molecule has 0 spiro atoms. The zero-order chi connectivity index (χ0) is 17.1. The summed E-state index contributed by atoms with van der Waals surface area (Å²) in [5.41, 5.74) is 1.20. The molecular weight excluding hydrogens is 308 g/mol. The van der Waals surface area contributed by atoms with Gasteiger partial charge in [0, 0.05) is 0 Å². The lowest BCUT2D eigenvalue weighted by Crippen LogP contribution is -2.47. The normalized spacial score (nSPS) is 20.8. The van der Waals surface area contributed by atoms with Gasteiger partial charge in [-0.05, 0) is 38.3 Å². The highest BCUT2D eigenvalue weighted by molar-refractivity contribution is 6.11. The van der Waals surface area contributed by atoms with Crippen LogP contribution in [0.15, 0.2) is 36.4 Å². The lowest BCUT2D eigenvalue weighted by molar-refractivity contribution is -0.158. The highest BCUT2D eigenvalue weighted by Gasteiger charge is 2.32. The molecule has 0 fully saturated rings. The van der Waals surface area contributed by atoms with Gasteiger partial charge in [0.2, 0.25) is 5.91 Å². The van der Waals surface area contributed by atoms with Gasteiger partial charge in [-0.1, -0.05) is 24.3 Å². The zero-order valence-electron chi connectivity index (χ0n) is 13.5. The highest BCUT2D eigenvalue weighted by atomic mass is 16.5. The van der Waals surface area contributed by atoms with Crippen LogP contribution in [0.25, 0.3) is 0 Å². The van der Waals surface area contributed by atoms with Crippen LogP contribution in [0.1, 0.15) is 26.2 Å². The van der Waals surface area contributed by atoms with Crippen LogP contribution in [-0.4, -0.2) is 30.4 Å². The second kappa shape index (κ2) is 6.86. The van der Waals surface area contributed by atoms with Gasteiger partial charge < -0.3 is 10.1 Å². The van der Waals surface area contributed by atoms with E-state index in [0.717, 1.165) is 12.8 Å². The maximum atomic E-state index is 12.7. The summed E-state index contributed by atoms with van der Waals surface area (Å²) >= 11 is 0. The van der Waals surface area contributed by atoms with Crippen LogP contribution in [-0.2, 0) is 19.1 Å². The van der Waals surface area contributed by atoms with Gasteiger partial charge in [0.05, 0.1) is 17.3 Å². The Morgan fingerprint density at radius 3 is 2.83 bits per heavy atom. The van der Waals surface area contributed by atoms with Gasteiger partial charge in [-0.2, -0.15) is 0 Å². The fourth-order valence-electron chi connectivity index (χ4n) is 2.98. The van der Waals surface area contributed by atoms with Crippen LogP contribution in [0.5, 0.6) is 0 Å². The third-order valence-electron chi connectivity index (χ3n) is 4.28. The first-order valence-electron chi connectivity index (χ1n) is 8.12. The van der Waals surface area contributed by atoms with Gasteiger partial charge in [0.25, 0.3) is 5.91 Å². The number of carbonyl (C=O) groups excluding carboxylic acids is 3. The third kappa shape index (κ3) is 3.32.